The summed E-state index contributed by atoms with van der Waals surface area (Å²) in [5, 5.41) is 13.2. The van der Waals surface area contributed by atoms with E-state index in [0.29, 0.717) is 29.7 Å². The summed E-state index contributed by atoms with van der Waals surface area (Å²) in [6.45, 7) is 5.03. The largest absolute Gasteiger partial charge is 0.503 e. The van der Waals surface area contributed by atoms with Crippen molar-refractivity contribution in [3.63, 3.8) is 0 Å². The van der Waals surface area contributed by atoms with E-state index >= 15 is 0 Å². The van der Waals surface area contributed by atoms with Gasteiger partial charge in [-0.3, -0.25) is 4.90 Å². The molecule has 0 amide bonds. The molecule has 4 nitrogen and oxygen atoms in total. The minimum atomic E-state index is -4.19. The lowest BCUT2D eigenvalue weighted by Crippen LogP contribution is -2.45. The van der Waals surface area contributed by atoms with Gasteiger partial charge in [0.2, 0.25) is 0 Å². The molecular formula is C16H23BrClF3N2O2. The van der Waals surface area contributed by atoms with E-state index in [-0.39, 0.29) is 36.4 Å². The molecule has 1 aromatic carbocycles. The number of aromatic hydroxyl groups is 1. The number of phenols is 1. The molecule has 1 heterocycles. The first-order chi connectivity index (χ1) is 11.3. The van der Waals surface area contributed by atoms with Gasteiger partial charge in [0.25, 0.3) is 0 Å². The van der Waals surface area contributed by atoms with E-state index in [1.54, 1.807) is 19.1 Å². The maximum Gasteiger partial charge on any atom is 0.389 e. The zero-order chi connectivity index (χ0) is 17.7. The number of nitrogens with zero attached hydrogens (tertiary/aromatic N) is 1. The molecule has 144 valence electrons. The van der Waals surface area contributed by atoms with Gasteiger partial charge in [0.1, 0.15) is 0 Å². The third-order valence-corrected chi connectivity index (χ3v) is 4.63. The van der Waals surface area contributed by atoms with E-state index in [2.05, 4.69) is 26.1 Å². The van der Waals surface area contributed by atoms with Crippen molar-refractivity contribution >= 4 is 28.3 Å². The van der Waals surface area contributed by atoms with Crippen LogP contribution in [0.1, 0.15) is 31.4 Å². The Morgan fingerprint density at radius 2 is 1.96 bits per heavy atom. The summed E-state index contributed by atoms with van der Waals surface area (Å²) in [6.07, 6.45) is -5.06. The molecule has 2 N–H and O–H groups in total. The zero-order valence-electron chi connectivity index (χ0n) is 13.9. The van der Waals surface area contributed by atoms with Gasteiger partial charge in [-0.25, -0.2) is 0 Å². The predicted octanol–water partition coefficient (Wildman–Crippen LogP) is 4.26. The van der Waals surface area contributed by atoms with Gasteiger partial charge in [0.15, 0.2) is 11.5 Å². The van der Waals surface area contributed by atoms with Crippen LogP contribution in [0.3, 0.4) is 0 Å². The van der Waals surface area contributed by atoms with Crippen molar-refractivity contribution in [1.29, 1.82) is 0 Å². The van der Waals surface area contributed by atoms with E-state index in [0.717, 1.165) is 13.1 Å². The van der Waals surface area contributed by atoms with Gasteiger partial charge in [-0.1, -0.05) is 0 Å². The average Bonchev–Trinajstić information content (AvgIpc) is 2.52. The molecule has 0 unspecified atom stereocenters. The SMILES string of the molecule is CCOc1cc([C@H](CCC(F)(F)F)N2CCNCC2)cc(Br)c1O.Cl. The maximum atomic E-state index is 12.7. The van der Waals surface area contributed by atoms with Gasteiger partial charge in [-0.2, -0.15) is 13.2 Å². The van der Waals surface area contributed by atoms with Crippen LogP contribution in [0.15, 0.2) is 16.6 Å². The molecule has 0 spiro atoms. The Balaban J connectivity index is 0.00000312. The molecule has 0 radical (unpaired) electrons. The molecule has 2 rings (SSSR count). The Morgan fingerprint density at radius 1 is 1.32 bits per heavy atom. The monoisotopic (exact) mass is 446 g/mol. The van der Waals surface area contributed by atoms with Crippen LogP contribution in [0.5, 0.6) is 11.5 Å². The fourth-order valence-corrected chi connectivity index (χ4v) is 3.37. The van der Waals surface area contributed by atoms with Gasteiger partial charge in [-0.05, 0) is 47.0 Å². The molecule has 0 saturated carbocycles. The van der Waals surface area contributed by atoms with Crippen LogP contribution in [0.25, 0.3) is 0 Å². The second-order valence-electron chi connectivity index (χ2n) is 5.74. The van der Waals surface area contributed by atoms with Crippen molar-refractivity contribution < 1.29 is 23.0 Å². The van der Waals surface area contributed by atoms with Crippen LogP contribution >= 0.6 is 28.3 Å². The number of ether oxygens (including phenoxy) is 1. The lowest BCUT2D eigenvalue weighted by atomic mass is 9.98. The van der Waals surface area contributed by atoms with E-state index in [4.69, 9.17) is 4.74 Å². The quantitative estimate of drug-likeness (QED) is 0.684. The third kappa shape index (κ3) is 6.51. The molecule has 1 aliphatic heterocycles. The van der Waals surface area contributed by atoms with Crippen molar-refractivity contribution in [2.24, 2.45) is 0 Å². The normalized spacial score (nSPS) is 17.0. The fourth-order valence-electron chi connectivity index (χ4n) is 2.91. The predicted molar refractivity (Wildman–Crippen MR) is 96.7 cm³/mol. The van der Waals surface area contributed by atoms with E-state index < -0.39 is 12.6 Å². The molecule has 0 bridgehead atoms. The first-order valence-electron chi connectivity index (χ1n) is 7.98. The Hall–Kier alpha value is -0.700. The molecule has 1 aromatic rings. The fraction of sp³-hybridized carbons (Fsp3) is 0.625. The number of hydrogen-bond donors (Lipinski definition) is 2. The smallest absolute Gasteiger partial charge is 0.389 e. The summed E-state index contributed by atoms with van der Waals surface area (Å²) in [5.41, 5.74) is 0.717. The van der Waals surface area contributed by atoms with Gasteiger partial charge in [0, 0.05) is 38.6 Å². The van der Waals surface area contributed by atoms with Crippen molar-refractivity contribution in [2.75, 3.05) is 32.8 Å². The minimum absolute atomic E-state index is 0. The number of halogens is 5. The van der Waals surface area contributed by atoms with Gasteiger partial charge in [0.05, 0.1) is 11.1 Å². The third-order valence-electron chi connectivity index (χ3n) is 4.03. The lowest BCUT2D eigenvalue weighted by Gasteiger charge is -2.35. The molecule has 0 aromatic heterocycles. The number of phenolic OH excluding ortho intramolecular Hbond substituents is 1. The van der Waals surface area contributed by atoms with Crippen molar-refractivity contribution in [3.8, 4) is 11.5 Å². The number of piperazine rings is 1. The van der Waals surface area contributed by atoms with Crippen LogP contribution in [0.4, 0.5) is 13.2 Å². The van der Waals surface area contributed by atoms with Gasteiger partial charge in [-0.15, -0.1) is 12.4 Å². The Labute approximate surface area is 160 Å². The zero-order valence-corrected chi connectivity index (χ0v) is 16.3. The number of rotatable bonds is 6. The Bertz CT molecular complexity index is 555. The van der Waals surface area contributed by atoms with E-state index in [1.165, 1.54) is 0 Å². The minimum Gasteiger partial charge on any atom is -0.503 e. The van der Waals surface area contributed by atoms with Crippen molar-refractivity contribution in [3.05, 3.63) is 22.2 Å². The molecular weight excluding hydrogens is 425 g/mol. The number of hydrogen-bond acceptors (Lipinski definition) is 4. The second kappa shape index (κ2) is 9.85. The van der Waals surface area contributed by atoms with E-state index in [9.17, 15) is 18.3 Å². The van der Waals surface area contributed by atoms with Crippen LogP contribution in [-0.2, 0) is 0 Å². The molecule has 25 heavy (non-hydrogen) atoms. The van der Waals surface area contributed by atoms with Crippen molar-refractivity contribution in [1.82, 2.24) is 10.2 Å². The number of benzene rings is 1. The maximum absolute atomic E-state index is 12.7. The summed E-state index contributed by atoms with van der Waals surface area (Å²) in [7, 11) is 0. The summed E-state index contributed by atoms with van der Waals surface area (Å²) in [6, 6.07) is 2.96. The first kappa shape index (κ1) is 22.3. The topological polar surface area (TPSA) is 44.7 Å². The molecule has 1 atom stereocenters. The van der Waals surface area contributed by atoms with Crippen LogP contribution in [0, 0.1) is 0 Å². The molecule has 0 aliphatic carbocycles. The average molecular weight is 448 g/mol. The standard InChI is InChI=1S/C16H22BrF3N2O2.ClH/c1-2-24-14-10-11(9-12(17)15(14)23)13(3-4-16(18,19)20)22-7-5-21-6-8-22;/h9-10,13,21,23H,2-8H2,1H3;1H/t13-;/m0./s1. The summed E-state index contributed by atoms with van der Waals surface area (Å²) in [5.74, 6) is 0.254. The highest BCUT2D eigenvalue weighted by Crippen LogP contribution is 2.40. The molecule has 1 aliphatic rings. The molecule has 1 fully saturated rings. The summed E-state index contributed by atoms with van der Waals surface area (Å²) >= 11 is 3.27. The Kier molecular flexibility index (Phi) is 8.80. The van der Waals surface area contributed by atoms with Crippen LogP contribution in [-0.4, -0.2) is 49.0 Å². The first-order valence-corrected chi connectivity index (χ1v) is 8.78. The van der Waals surface area contributed by atoms with Gasteiger partial charge < -0.3 is 15.2 Å². The van der Waals surface area contributed by atoms with E-state index in [1.807, 2.05) is 0 Å². The highest BCUT2D eigenvalue weighted by Gasteiger charge is 2.32. The summed E-state index contributed by atoms with van der Waals surface area (Å²) in [4.78, 5) is 2.05. The van der Waals surface area contributed by atoms with Gasteiger partial charge >= 0.3 is 6.18 Å². The van der Waals surface area contributed by atoms with Crippen LogP contribution in [0.2, 0.25) is 0 Å². The highest BCUT2D eigenvalue weighted by atomic mass is 79.9. The van der Waals surface area contributed by atoms with Crippen molar-refractivity contribution in [2.45, 2.75) is 32.0 Å². The highest BCUT2D eigenvalue weighted by molar-refractivity contribution is 9.10. The van der Waals surface area contributed by atoms with Crippen LogP contribution < -0.4 is 10.1 Å². The lowest BCUT2D eigenvalue weighted by molar-refractivity contribution is -0.138. The second-order valence-corrected chi connectivity index (χ2v) is 6.59. The number of alkyl halides is 3. The molecule has 1 saturated heterocycles. The number of nitrogens with one attached hydrogen (secondary N) is 1. The Morgan fingerprint density at radius 3 is 2.52 bits per heavy atom. The summed E-state index contributed by atoms with van der Waals surface area (Å²) < 4.78 is 44.0. The molecule has 9 heteroatoms.